The van der Waals surface area contributed by atoms with Crippen molar-refractivity contribution in [3.63, 3.8) is 0 Å². The van der Waals surface area contributed by atoms with Crippen molar-refractivity contribution in [3.8, 4) is 0 Å². The molecular weight excluding hydrogens is 406 g/mol. The molecule has 3 rings (SSSR count). The summed E-state index contributed by atoms with van der Waals surface area (Å²) in [7, 11) is 0. The van der Waals surface area contributed by atoms with Gasteiger partial charge in [-0.05, 0) is 0 Å². The fourth-order valence-electron chi connectivity index (χ4n) is 4.34. The molecule has 0 atom stereocenters. The Hall–Kier alpha value is -1.50. The minimum absolute atomic E-state index is 1.15. The fraction of sp³-hybridized carbons (Fsp3) is 0.280. The van der Waals surface area contributed by atoms with Crippen molar-refractivity contribution in [2.75, 3.05) is 13.1 Å². The van der Waals surface area contributed by atoms with Gasteiger partial charge < -0.3 is 0 Å². The van der Waals surface area contributed by atoms with Crippen molar-refractivity contribution in [1.82, 2.24) is 2.84 Å². The predicted molar refractivity (Wildman–Crippen MR) is 113 cm³/mol. The van der Waals surface area contributed by atoms with E-state index in [1.54, 1.807) is 0 Å². The van der Waals surface area contributed by atoms with Crippen LogP contribution in [0.3, 0.4) is 0 Å². The molecular formula is C25H31NZr. The van der Waals surface area contributed by atoms with E-state index in [-0.39, 0.29) is 0 Å². The first-order valence-electron chi connectivity index (χ1n) is 10.1. The summed E-state index contributed by atoms with van der Waals surface area (Å²) in [6, 6.07) is 33.5. The number of hydrogen-bond acceptors (Lipinski definition) is 1. The first kappa shape index (κ1) is 20.2. The second-order valence-corrected chi connectivity index (χ2v) is 17.6. The van der Waals surface area contributed by atoms with Crippen LogP contribution in [0.1, 0.15) is 30.5 Å². The summed E-state index contributed by atoms with van der Waals surface area (Å²) < 4.78 is 6.67. The summed E-state index contributed by atoms with van der Waals surface area (Å²) in [5.41, 5.74) is 4.52. The van der Waals surface area contributed by atoms with E-state index in [4.69, 9.17) is 0 Å². The Morgan fingerprint density at radius 1 is 0.519 bits per heavy atom. The molecule has 0 N–H and O–H groups in total. The van der Waals surface area contributed by atoms with Crippen LogP contribution in [0.15, 0.2) is 91.0 Å². The third-order valence-electron chi connectivity index (χ3n) is 5.56. The summed E-state index contributed by atoms with van der Waals surface area (Å²) in [6.07, 6.45) is 0. The van der Waals surface area contributed by atoms with Crippen molar-refractivity contribution in [2.24, 2.45) is 0 Å². The molecule has 0 saturated heterocycles. The Morgan fingerprint density at radius 3 is 1.07 bits per heavy atom. The summed E-state index contributed by atoms with van der Waals surface area (Å²) in [4.78, 5) is 0. The maximum atomic E-state index is 2.88. The van der Waals surface area contributed by atoms with Gasteiger partial charge in [-0.25, -0.2) is 0 Å². The number of nitrogens with zero attached hydrogens (tertiary/aromatic N) is 1. The van der Waals surface area contributed by atoms with Crippen molar-refractivity contribution in [1.29, 1.82) is 0 Å². The average Bonchev–Trinajstić information content (AvgIpc) is 2.71. The molecule has 0 aliphatic heterocycles. The fourth-order valence-corrected chi connectivity index (χ4v) is 17.6. The molecule has 0 spiro atoms. The first-order chi connectivity index (χ1) is 13.3. The number of hydrogen-bond donors (Lipinski definition) is 0. The summed E-state index contributed by atoms with van der Waals surface area (Å²) in [5.74, 6) is 0. The molecule has 0 radical (unpaired) electrons. The third-order valence-corrected chi connectivity index (χ3v) is 18.3. The van der Waals surface area contributed by atoms with Gasteiger partial charge in [0.2, 0.25) is 0 Å². The summed E-state index contributed by atoms with van der Waals surface area (Å²) in [6.45, 7) is 6.99. The van der Waals surface area contributed by atoms with E-state index < -0.39 is 20.6 Å². The minimum atomic E-state index is -2.78. The van der Waals surface area contributed by atoms with E-state index in [1.165, 1.54) is 29.1 Å². The van der Waals surface area contributed by atoms with Gasteiger partial charge in [-0.1, -0.05) is 0 Å². The van der Waals surface area contributed by atoms with E-state index >= 15 is 0 Å². The maximum absolute atomic E-state index is 2.88. The van der Waals surface area contributed by atoms with Crippen molar-refractivity contribution in [3.05, 3.63) is 108 Å². The zero-order valence-corrected chi connectivity index (χ0v) is 19.1. The van der Waals surface area contributed by atoms with Gasteiger partial charge in [-0.2, -0.15) is 0 Å². The molecule has 3 aromatic rings. The molecule has 0 aliphatic rings. The molecule has 2 heteroatoms. The van der Waals surface area contributed by atoms with E-state index in [0.717, 1.165) is 13.1 Å². The summed E-state index contributed by atoms with van der Waals surface area (Å²) in [5, 5.41) is 0. The van der Waals surface area contributed by atoms with Gasteiger partial charge in [0.1, 0.15) is 0 Å². The number of rotatable bonds is 9. The quantitative estimate of drug-likeness (QED) is 0.398. The van der Waals surface area contributed by atoms with Gasteiger partial charge in [0.05, 0.1) is 0 Å². The van der Waals surface area contributed by atoms with E-state index in [2.05, 4.69) is 108 Å². The van der Waals surface area contributed by atoms with Gasteiger partial charge in [0.25, 0.3) is 0 Å². The number of benzene rings is 3. The molecule has 0 fully saturated rings. The SMILES string of the molecule is CC[N](CC)[Zr]([CH2]c1ccccc1)([CH2]c1ccccc1)[CH2]c1ccccc1. The van der Waals surface area contributed by atoms with Crippen LogP contribution in [0, 0.1) is 0 Å². The molecule has 3 aromatic carbocycles. The Bertz CT molecular complexity index is 681. The Balaban J connectivity index is 2.04. The van der Waals surface area contributed by atoms with Crippen LogP contribution in [-0.4, -0.2) is 15.9 Å². The van der Waals surface area contributed by atoms with E-state index in [9.17, 15) is 0 Å². The molecule has 0 heterocycles. The molecule has 0 aromatic heterocycles. The van der Waals surface area contributed by atoms with Crippen molar-refractivity contribution >= 4 is 0 Å². The van der Waals surface area contributed by atoms with E-state index in [0.29, 0.717) is 0 Å². The Kier molecular flexibility index (Phi) is 7.62. The van der Waals surface area contributed by atoms with Crippen LogP contribution >= 0.6 is 0 Å². The second-order valence-electron chi connectivity index (χ2n) is 7.38. The zero-order chi connectivity index (χ0) is 19.0. The van der Waals surface area contributed by atoms with Gasteiger partial charge in [-0.3, -0.25) is 0 Å². The van der Waals surface area contributed by atoms with Crippen LogP contribution in [0.4, 0.5) is 0 Å². The molecule has 27 heavy (non-hydrogen) atoms. The van der Waals surface area contributed by atoms with Crippen molar-refractivity contribution in [2.45, 2.75) is 26.2 Å². The van der Waals surface area contributed by atoms with Crippen LogP contribution < -0.4 is 0 Å². The van der Waals surface area contributed by atoms with Crippen LogP contribution in [-0.2, 0) is 32.9 Å². The molecule has 0 unspecified atom stereocenters. The molecule has 0 amide bonds. The van der Waals surface area contributed by atoms with Gasteiger partial charge in [0.15, 0.2) is 0 Å². The average molecular weight is 437 g/mol. The Morgan fingerprint density at radius 2 is 0.815 bits per heavy atom. The molecule has 1 nitrogen and oxygen atoms in total. The standard InChI is InChI=1S/3C7H7.C4H10N.Zr/c3*1-7-5-3-2-4-6-7;1-3-5-4-2;/h3*2-6H,1H2;3-4H2,1-2H3;/q;;;-1;+1. The van der Waals surface area contributed by atoms with Gasteiger partial charge in [-0.15, -0.1) is 0 Å². The van der Waals surface area contributed by atoms with Gasteiger partial charge >= 0.3 is 170 Å². The third kappa shape index (κ3) is 5.50. The van der Waals surface area contributed by atoms with Gasteiger partial charge in [0, 0.05) is 0 Å². The van der Waals surface area contributed by atoms with E-state index in [1.807, 2.05) is 0 Å². The molecule has 0 saturated carbocycles. The monoisotopic (exact) mass is 435 g/mol. The van der Waals surface area contributed by atoms with Crippen LogP contribution in [0.25, 0.3) is 0 Å². The predicted octanol–water partition coefficient (Wildman–Crippen LogP) is 6.00. The van der Waals surface area contributed by atoms with Crippen LogP contribution in [0.5, 0.6) is 0 Å². The summed E-state index contributed by atoms with van der Waals surface area (Å²) >= 11 is -2.78. The molecule has 140 valence electrons. The molecule has 0 aliphatic carbocycles. The van der Waals surface area contributed by atoms with Crippen molar-refractivity contribution < 1.29 is 20.6 Å². The van der Waals surface area contributed by atoms with Crippen LogP contribution in [0.2, 0.25) is 0 Å². The molecule has 0 bridgehead atoms. The first-order valence-corrected chi connectivity index (χ1v) is 16.4. The topological polar surface area (TPSA) is 3.24 Å². The Labute approximate surface area is 169 Å². The second kappa shape index (κ2) is 10.2. The normalized spacial score (nSPS) is 11.7. The zero-order valence-electron chi connectivity index (χ0n) is 16.6.